The fraction of sp³-hybridized carbons (Fsp3) is 0.772. The van der Waals surface area contributed by atoms with E-state index < -0.39 is 83.9 Å². The second kappa shape index (κ2) is 30.2. The molecule has 408 valence electrons. The predicted molar refractivity (Wildman–Crippen MR) is 274 cm³/mol. The van der Waals surface area contributed by atoms with Crippen LogP contribution >= 0.6 is 0 Å². The molecule has 4 heterocycles. The second-order valence-electron chi connectivity index (χ2n) is 21.6. The Labute approximate surface area is 430 Å². The van der Waals surface area contributed by atoms with E-state index in [2.05, 4.69) is 0 Å². The predicted octanol–water partition coefficient (Wildman–Crippen LogP) is 7.76. The van der Waals surface area contributed by atoms with Crippen molar-refractivity contribution in [3.8, 4) is 0 Å². The zero-order valence-corrected chi connectivity index (χ0v) is 45.3. The summed E-state index contributed by atoms with van der Waals surface area (Å²) in [6, 6.07) is -1.14. The highest BCUT2D eigenvalue weighted by molar-refractivity contribution is 6.39. The molecule has 0 aromatic rings. The van der Waals surface area contributed by atoms with Gasteiger partial charge in [-0.3, -0.25) is 19.2 Å². The number of aliphatic hydroxyl groups excluding tert-OH is 2. The summed E-state index contributed by atoms with van der Waals surface area (Å²) in [4.78, 5) is 71.8. The van der Waals surface area contributed by atoms with Gasteiger partial charge in [0.05, 0.1) is 24.4 Å². The van der Waals surface area contributed by atoms with Gasteiger partial charge in [0.1, 0.15) is 30.1 Å². The van der Waals surface area contributed by atoms with E-state index >= 15 is 0 Å². The molecule has 0 aromatic carbocycles. The first-order valence-corrected chi connectivity index (χ1v) is 27.0. The van der Waals surface area contributed by atoms with E-state index in [1.54, 1.807) is 41.1 Å². The molecular formula is C57H91NO14. The van der Waals surface area contributed by atoms with Crippen molar-refractivity contribution in [2.45, 2.75) is 206 Å². The number of ether oxygens (including phenoxy) is 6. The Morgan fingerprint density at radius 2 is 1.50 bits per heavy atom. The minimum Gasteiger partial charge on any atom is -0.460 e. The number of ketones is 3. The van der Waals surface area contributed by atoms with Crippen LogP contribution in [0.1, 0.15) is 151 Å². The van der Waals surface area contributed by atoms with Gasteiger partial charge in [0, 0.05) is 71.7 Å². The number of hydrogen-bond donors (Lipinski definition) is 3. The third kappa shape index (κ3) is 17.6. The standard InChI is InChI=1S/C51H79NO13.C6H12O/c1-30-16-12-11-13-17-31(2)42(61-8)28-38-21-19-36(7)51(60,65-38)48(57)49(58)52-23-15-14-18-39(52)50(59)64-43(33(4)26-37-20-22-40(53)44(27-37)62-9)29-41(54)32(3)25-35(6)46(56)47(63-10)45(55)34(5)24-30;1-2-4-6-7-5-3-1/h11-13,16-17,25,30,32-34,36-40,42-44,46-47,53,56,60H,14-15,18-24,26-29H2,1-10H3;1-6H2/b13-11?,16-12+,31-17?,35-25+;/t30-,32-,33-,34-,36-,37+,38+,39+,40-,42+,43+,44-,46-,47+,51-;/m1./s1. The number of aliphatic hydroxyl groups is 3. The van der Waals surface area contributed by atoms with E-state index in [1.807, 2.05) is 58.1 Å². The lowest BCUT2D eigenvalue weighted by molar-refractivity contribution is -0.265. The molecule has 72 heavy (non-hydrogen) atoms. The summed E-state index contributed by atoms with van der Waals surface area (Å²) >= 11 is 0. The van der Waals surface area contributed by atoms with Crippen LogP contribution in [0, 0.1) is 35.5 Å². The molecule has 1 aliphatic carbocycles. The van der Waals surface area contributed by atoms with Gasteiger partial charge < -0.3 is 48.6 Å². The molecule has 1 saturated carbocycles. The van der Waals surface area contributed by atoms with Crippen molar-refractivity contribution in [3.05, 3.63) is 47.6 Å². The van der Waals surface area contributed by atoms with Gasteiger partial charge in [0.15, 0.2) is 5.78 Å². The quantitative estimate of drug-likeness (QED) is 0.132. The van der Waals surface area contributed by atoms with Crippen LogP contribution in [-0.4, -0.2) is 145 Å². The number of allylic oxidation sites excluding steroid dienone is 6. The number of nitrogens with zero attached hydrogens (tertiary/aromatic N) is 1. The number of esters is 1. The van der Waals surface area contributed by atoms with E-state index in [0.29, 0.717) is 63.4 Å². The third-order valence-corrected chi connectivity index (χ3v) is 15.8. The Bertz CT molecular complexity index is 1860. The van der Waals surface area contributed by atoms with Crippen LogP contribution in [0.3, 0.4) is 0 Å². The van der Waals surface area contributed by atoms with E-state index in [-0.39, 0.29) is 54.8 Å². The van der Waals surface area contributed by atoms with E-state index in [1.165, 1.54) is 37.7 Å². The number of cyclic esters (lactones) is 1. The Kier molecular flexibility index (Phi) is 25.7. The fourth-order valence-electron chi connectivity index (χ4n) is 11.0. The Morgan fingerprint density at radius 3 is 2.17 bits per heavy atom. The van der Waals surface area contributed by atoms with Crippen LogP contribution in [0.5, 0.6) is 0 Å². The number of Topliss-reactive ketones (excluding diaryl/α,β-unsaturated/α-hetero) is 3. The van der Waals surface area contributed by atoms with Crippen molar-refractivity contribution in [2.75, 3.05) is 41.1 Å². The molecule has 0 radical (unpaired) electrons. The molecule has 4 fully saturated rings. The minimum atomic E-state index is -2.43. The molecule has 5 aliphatic rings. The van der Waals surface area contributed by atoms with Crippen LogP contribution in [0.25, 0.3) is 0 Å². The average molecular weight is 1010 g/mol. The Balaban J connectivity index is 0.00000147. The number of fused-ring (bicyclic) bond motifs is 3. The van der Waals surface area contributed by atoms with Crippen molar-refractivity contribution in [3.63, 3.8) is 0 Å². The minimum absolute atomic E-state index is 0.0193. The maximum absolute atomic E-state index is 14.4. The van der Waals surface area contributed by atoms with Gasteiger partial charge in [0.2, 0.25) is 5.79 Å². The highest BCUT2D eigenvalue weighted by Crippen LogP contribution is 2.38. The molecule has 3 saturated heterocycles. The molecule has 1 amide bonds. The first-order chi connectivity index (χ1) is 34.2. The number of methoxy groups -OCH3 is 3. The second-order valence-corrected chi connectivity index (χ2v) is 21.6. The zero-order valence-electron chi connectivity index (χ0n) is 45.3. The number of carbonyl (C=O) groups is 5. The molecular weight excluding hydrogens is 923 g/mol. The molecule has 2 bridgehead atoms. The summed E-state index contributed by atoms with van der Waals surface area (Å²) in [7, 11) is 4.52. The van der Waals surface area contributed by atoms with Gasteiger partial charge in [-0.1, -0.05) is 83.9 Å². The summed E-state index contributed by atoms with van der Waals surface area (Å²) < 4.78 is 34.6. The maximum Gasteiger partial charge on any atom is 0.329 e. The van der Waals surface area contributed by atoms with Gasteiger partial charge in [0.25, 0.3) is 11.7 Å². The number of hydrogen-bond acceptors (Lipinski definition) is 14. The molecule has 0 aromatic heterocycles. The smallest absolute Gasteiger partial charge is 0.329 e. The molecule has 0 unspecified atom stereocenters. The van der Waals surface area contributed by atoms with Crippen LogP contribution in [0.2, 0.25) is 0 Å². The normalized spacial score (nSPS) is 37.7. The molecule has 15 atom stereocenters. The number of rotatable bonds is 6. The van der Waals surface area contributed by atoms with Crippen molar-refractivity contribution in [1.29, 1.82) is 0 Å². The molecule has 4 aliphatic heterocycles. The number of carbonyl (C=O) groups excluding carboxylic acids is 5. The fourth-order valence-corrected chi connectivity index (χ4v) is 11.0. The largest absolute Gasteiger partial charge is 0.460 e. The Hall–Kier alpha value is -3.41. The highest BCUT2D eigenvalue weighted by atomic mass is 16.6. The van der Waals surface area contributed by atoms with Gasteiger partial charge >= 0.3 is 5.97 Å². The van der Waals surface area contributed by atoms with Gasteiger partial charge in [-0.2, -0.15) is 0 Å². The summed E-state index contributed by atoms with van der Waals surface area (Å²) in [6.07, 6.45) is 16.5. The van der Waals surface area contributed by atoms with E-state index in [4.69, 9.17) is 28.4 Å². The lowest BCUT2D eigenvalue weighted by atomic mass is 9.78. The lowest BCUT2D eigenvalue weighted by Crippen LogP contribution is -2.61. The van der Waals surface area contributed by atoms with E-state index in [9.17, 15) is 39.3 Å². The highest BCUT2D eigenvalue weighted by Gasteiger charge is 2.53. The number of amides is 1. The lowest BCUT2D eigenvalue weighted by Gasteiger charge is -2.42. The Morgan fingerprint density at radius 1 is 0.792 bits per heavy atom. The van der Waals surface area contributed by atoms with Crippen LogP contribution in [-0.2, 0) is 52.4 Å². The summed E-state index contributed by atoms with van der Waals surface area (Å²) in [5.41, 5.74) is 1.27. The third-order valence-electron chi connectivity index (χ3n) is 15.8. The first kappa shape index (κ1) is 61.1. The van der Waals surface area contributed by atoms with Crippen LogP contribution < -0.4 is 0 Å². The summed E-state index contributed by atoms with van der Waals surface area (Å²) in [5, 5.41) is 33.8. The monoisotopic (exact) mass is 1010 g/mol. The van der Waals surface area contributed by atoms with Crippen molar-refractivity contribution >= 4 is 29.2 Å². The van der Waals surface area contributed by atoms with Gasteiger partial charge in [-0.25, -0.2) is 4.79 Å². The summed E-state index contributed by atoms with van der Waals surface area (Å²) in [5.74, 6) is -7.96. The molecule has 0 spiro atoms. The first-order valence-electron chi connectivity index (χ1n) is 27.0. The van der Waals surface area contributed by atoms with Crippen molar-refractivity contribution in [2.24, 2.45) is 35.5 Å². The molecule has 3 N–H and O–H groups in total. The van der Waals surface area contributed by atoms with Gasteiger partial charge in [-0.05, 0) is 120 Å². The van der Waals surface area contributed by atoms with E-state index in [0.717, 1.165) is 25.2 Å². The summed E-state index contributed by atoms with van der Waals surface area (Å²) in [6.45, 7) is 14.7. The van der Waals surface area contributed by atoms with Crippen molar-refractivity contribution in [1.82, 2.24) is 4.90 Å². The molecule has 5 rings (SSSR count). The van der Waals surface area contributed by atoms with Crippen LogP contribution in [0.4, 0.5) is 0 Å². The number of piperidine rings is 1. The maximum atomic E-state index is 14.4. The molecule has 15 nitrogen and oxygen atoms in total. The average Bonchev–Trinajstić information content (AvgIpc) is 3.70. The SMILES string of the molecule is C1CCCOCC1.CO[C@H]1C[C@@H]2CC[C@@H](C)[C@@](O)(O2)C(=O)C(=O)N2CCCC[C@H]2C(=O)O[C@H]([C@H](C)C[C@@H]2CC[C@@H](O)[C@H](OC)C2)CC(=O)[C@H](C)/C=C(\C)[C@@H](O)[C@@H](OC)C(=O)[C@H](C)C[C@H](C)/C=C/C=CC=C1C. The van der Waals surface area contributed by atoms with Crippen molar-refractivity contribution < 1.29 is 67.7 Å². The zero-order chi connectivity index (χ0) is 53.1. The molecule has 15 heteroatoms. The van der Waals surface area contributed by atoms with Crippen LogP contribution in [0.15, 0.2) is 47.6 Å². The van der Waals surface area contributed by atoms with Gasteiger partial charge in [-0.15, -0.1) is 0 Å². The topological polar surface area (TPSA) is 205 Å².